The van der Waals surface area contributed by atoms with E-state index in [1.807, 2.05) is 12.1 Å². The second-order valence-corrected chi connectivity index (χ2v) is 7.25. The van der Waals surface area contributed by atoms with Crippen LogP contribution in [0.5, 0.6) is 0 Å². The molecule has 1 aromatic rings. The monoisotopic (exact) mass is 380 g/mol. The summed E-state index contributed by atoms with van der Waals surface area (Å²) in [5, 5.41) is 7.81. The van der Waals surface area contributed by atoms with Crippen LogP contribution in [0.3, 0.4) is 0 Å². The molecule has 18 heavy (non-hydrogen) atoms. The Morgan fingerprint density at radius 2 is 2.00 bits per heavy atom. The van der Waals surface area contributed by atoms with Crippen molar-refractivity contribution >= 4 is 34.2 Å². The third kappa shape index (κ3) is 6.36. The van der Waals surface area contributed by atoms with Gasteiger partial charge < -0.3 is 10.6 Å². The van der Waals surface area contributed by atoms with Gasteiger partial charge in [-0.15, -0.1) is 0 Å². The lowest BCUT2D eigenvalue weighted by atomic mass is 10.1. The van der Waals surface area contributed by atoms with Gasteiger partial charge in [0.15, 0.2) is 0 Å². The maximum Gasteiger partial charge on any atom is 0.0409 e. The summed E-state index contributed by atoms with van der Waals surface area (Å²) in [5.41, 5.74) is 1.42. The normalized spacial score (nSPS) is 13.7. The highest BCUT2D eigenvalue weighted by Gasteiger charge is 2.11. The van der Waals surface area contributed by atoms with E-state index in [0.29, 0.717) is 6.04 Å². The Balaban J connectivity index is 2.42. The lowest BCUT2D eigenvalue weighted by Crippen LogP contribution is -2.44. The number of nitrogens with one attached hydrogen (secondary N) is 2. The largest absolute Gasteiger partial charge is 0.311 e. The SMILES string of the molecule is CC(CNC(C)(C)C)NCc1cc(Cl)ccc1I. The van der Waals surface area contributed by atoms with Crippen molar-refractivity contribution in [3.8, 4) is 0 Å². The first-order valence-corrected chi connectivity index (χ1v) is 7.66. The van der Waals surface area contributed by atoms with Crippen molar-refractivity contribution in [3.63, 3.8) is 0 Å². The molecule has 1 atom stereocenters. The van der Waals surface area contributed by atoms with Gasteiger partial charge in [-0.3, -0.25) is 0 Å². The van der Waals surface area contributed by atoms with Crippen molar-refractivity contribution < 1.29 is 0 Å². The lowest BCUT2D eigenvalue weighted by molar-refractivity contribution is 0.387. The Kier molecular flexibility index (Phi) is 6.38. The second-order valence-electron chi connectivity index (χ2n) is 5.65. The van der Waals surface area contributed by atoms with E-state index in [4.69, 9.17) is 11.6 Å². The van der Waals surface area contributed by atoms with E-state index >= 15 is 0 Å². The molecule has 0 fully saturated rings. The maximum atomic E-state index is 6.01. The fraction of sp³-hybridized carbons (Fsp3) is 0.571. The third-order valence-electron chi connectivity index (χ3n) is 2.59. The molecule has 0 spiro atoms. The molecule has 2 N–H and O–H groups in total. The molecule has 0 aromatic heterocycles. The number of benzene rings is 1. The van der Waals surface area contributed by atoms with Crippen LogP contribution in [0.25, 0.3) is 0 Å². The molecule has 0 aliphatic rings. The fourth-order valence-electron chi connectivity index (χ4n) is 1.49. The number of halogens is 2. The van der Waals surface area contributed by atoms with Gasteiger partial charge in [0.25, 0.3) is 0 Å². The summed E-state index contributed by atoms with van der Waals surface area (Å²) in [6.45, 7) is 10.5. The van der Waals surface area contributed by atoms with Gasteiger partial charge in [0.2, 0.25) is 0 Å². The van der Waals surface area contributed by atoms with E-state index < -0.39 is 0 Å². The van der Waals surface area contributed by atoms with Crippen LogP contribution in [0, 0.1) is 3.57 Å². The van der Waals surface area contributed by atoms with E-state index in [0.717, 1.165) is 18.1 Å². The summed E-state index contributed by atoms with van der Waals surface area (Å²) >= 11 is 8.35. The molecule has 0 radical (unpaired) electrons. The average molecular weight is 381 g/mol. The maximum absolute atomic E-state index is 6.01. The van der Waals surface area contributed by atoms with Crippen LogP contribution in [0.1, 0.15) is 33.3 Å². The van der Waals surface area contributed by atoms with Gasteiger partial charge in [-0.2, -0.15) is 0 Å². The van der Waals surface area contributed by atoms with Crippen LogP contribution in [-0.4, -0.2) is 18.1 Å². The first-order valence-electron chi connectivity index (χ1n) is 6.20. The molecule has 1 rings (SSSR count). The zero-order valence-electron chi connectivity index (χ0n) is 11.5. The van der Waals surface area contributed by atoms with Crippen molar-refractivity contribution in [1.82, 2.24) is 10.6 Å². The molecule has 0 bridgehead atoms. The molecule has 102 valence electrons. The Morgan fingerprint density at radius 1 is 1.33 bits per heavy atom. The van der Waals surface area contributed by atoms with Crippen molar-refractivity contribution in [2.75, 3.05) is 6.54 Å². The predicted octanol–water partition coefficient (Wildman–Crippen LogP) is 3.81. The summed E-state index contributed by atoms with van der Waals surface area (Å²) in [5.74, 6) is 0. The van der Waals surface area contributed by atoms with Gasteiger partial charge in [0.1, 0.15) is 0 Å². The summed E-state index contributed by atoms with van der Waals surface area (Å²) in [6, 6.07) is 6.44. The Morgan fingerprint density at radius 3 is 2.61 bits per heavy atom. The summed E-state index contributed by atoms with van der Waals surface area (Å²) in [4.78, 5) is 0. The molecular weight excluding hydrogens is 359 g/mol. The second kappa shape index (κ2) is 7.08. The van der Waals surface area contributed by atoms with E-state index in [9.17, 15) is 0 Å². The molecule has 4 heteroatoms. The molecule has 0 heterocycles. The average Bonchev–Trinajstić information content (AvgIpc) is 2.26. The number of hydrogen-bond acceptors (Lipinski definition) is 2. The molecule has 0 saturated heterocycles. The van der Waals surface area contributed by atoms with E-state index in [1.54, 1.807) is 0 Å². The minimum absolute atomic E-state index is 0.167. The highest BCUT2D eigenvalue weighted by atomic mass is 127. The van der Waals surface area contributed by atoms with Gasteiger partial charge in [0.05, 0.1) is 0 Å². The van der Waals surface area contributed by atoms with Crippen molar-refractivity contribution in [1.29, 1.82) is 0 Å². The zero-order chi connectivity index (χ0) is 13.8. The summed E-state index contributed by atoms with van der Waals surface area (Å²) in [6.07, 6.45) is 0. The Bertz CT molecular complexity index is 388. The van der Waals surface area contributed by atoms with E-state index in [1.165, 1.54) is 9.13 Å². The van der Waals surface area contributed by atoms with Gasteiger partial charge in [-0.05, 0) is 74.0 Å². The van der Waals surface area contributed by atoms with Crippen molar-refractivity contribution in [2.45, 2.75) is 45.8 Å². The van der Waals surface area contributed by atoms with Gasteiger partial charge >= 0.3 is 0 Å². The number of hydrogen-bond donors (Lipinski definition) is 2. The first-order chi connectivity index (χ1) is 8.28. The molecule has 1 aromatic carbocycles. The highest BCUT2D eigenvalue weighted by Crippen LogP contribution is 2.17. The van der Waals surface area contributed by atoms with Gasteiger partial charge in [0, 0.05) is 33.3 Å². The summed E-state index contributed by atoms with van der Waals surface area (Å²) < 4.78 is 1.25. The number of rotatable bonds is 5. The third-order valence-corrected chi connectivity index (χ3v) is 3.87. The molecule has 0 amide bonds. The van der Waals surface area contributed by atoms with Crippen LogP contribution >= 0.6 is 34.2 Å². The molecular formula is C14H22ClIN2. The highest BCUT2D eigenvalue weighted by molar-refractivity contribution is 14.1. The van der Waals surface area contributed by atoms with E-state index in [2.05, 4.69) is 67.0 Å². The Hall–Kier alpha value is 0.160. The van der Waals surface area contributed by atoms with Crippen LogP contribution in [0.15, 0.2) is 18.2 Å². The summed E-state index contributed by atoms with van der Waals surface area (Å²) in [7, 11) is 0. The smallest absolute Gasteiger partial charge is 0.0409 e. The van der Waals surface area contributed by atoms with E-state index in [-0.39, 0.29) is 5.54 Å². The Labute approximate surface area is 129 Å². The van der Waals surface area contributed by atoms with Crippen LogP contribution in [0.4, 0.5) is 0 Å². The van der Waals surface area contributed by atoms with Crippen LogP contribution in [-0.2, 0) is 6.54 Å². The van der Waals surface area contributed by atoms with Gasteiger partial charge in [-0.1, -0.05) is 11.6 Å². The standard InChI is InChI=1S/C14H22ClIN2/c1-10(8-18-14(2,3)4)17-9-11-7-12(15)5-6-13(11)16/h5-7,10,17-18H,8-9H2,1-4H3. The van der Waals surface area contributed by atoms with Crippen LogP contribution in [0.2, 0.25) is 5.02 Å². The van der Waals surface area contributed by atoms with Gasteiger partial charge in [-0.25, -0.2) is 0 Å². The molecule has 2 nitrogen and oxygen atoms in total. The zero-order valence-corrected chi connectivity index (χ0v) is 14.4. The lowest BCUT2D eigenvalue weighted by Gasteiger charge is -2.24. The minimum atomic E-state index is 0.167. The quantitative estimate of drug-likeness (QED) is 0.759. The molecule has 0 aliphatic carbocycles. The minimum Gasteiger partial charge on any atom is -0.311 e. The van der Waals surface area contributed by atoms with Crippen molar-refractivity contribution in [2.24, 2.45) is 0 Å². The van der Waals surface area contributed by atoms with Crippen LogP contribution < -0.4 is 10.6 Å². The van der Waals surface area contributed by atoms with Crippen molar-refractivity contribution in [3.05, 3.63) is 32.4 Å². The first kappa shape index (κ1) is 16.2. The molecule has 1 unspecified atom stereocenters. The predicted molar refractivity (Wildman–Crippen MR) is 88.2 cm³/mol. The molecule has 0 aliphatic heterocycles. The fourth-order valence-corrected chi connectivity index (χ4v) is 2.22. The molecule has 0 saturated carbocycles. The topological polar surface area (TPSA) is 24.1 Å².